The van der Waals surface area contributed by atoms with Gasteiger partial charge in [-0.2, -0.15) is 10.1 Å². The van der Waals surface area contributed by atoms with Gasteiger partial charge in [0.1, 0.15) is 11.0 Å². The van der Waals surface area contributed by atoms with E-state index in [2.05, 4.69) is 38.3 Å². The van der Waals surface area contributed by atoms with E-state index < -0.39 is 0 Å². The van der Waals surface area contributed by atoms with E-state index in [9.17, 15) is 0 Å². The number of halogens is 1. The van der Waals surface area contributed by atoms with Crippen LogP contribution < -0.4 is 22.1 Å². The summed E-state index contributed by atoms with van der Waals surface area (Å²) in [5.41, 5.74) is 15.7. The van der Waals surface area contributed by atoms with Gasteiger partial charge >= 0.3 is 0 Å². The van der Waals surface area contributed by atoms with Crippen molar-refractivity contribution in [1.82, 2.24) is 19.7 Å². The third kappa shape index (κ3) is 4.54. The maximum Gasteiger partial charge on any atom is 0.225 e. The number of rotatable bonds is 7. The first-order valence-electron chi connectivity index (χ1n) is 9.79. The lowest BCUT2D eigenvalue weighted by molar-refractivity contribution is 0.539. The molecule has 0 spiro atoms. The van der Waals surface area contributed by atoms with Crippen LogP contribution in [0, 0.1) is 0 Å². The van der Waals surface area contributed by atoms with Crippen LogP contribution in [0.25, 0.3) is 11.0 Å². The molecule has 0 aliphatic heterocycles. The normalized spacial score (nSPS) is 12.7. The van der Waals surface area contributed by atoms with Crippen molar-refractivity contribution in [2.24, 2.45) is 5.73 Å². The molecule has 0 fully saturated rings. The molecular weight excluding hydrogens is 388 g/mol. The molecule has 0 radical (unpaired) electrons. The van der Waals surface area contributed by atoms with Gasteiger partial charge in [-0.3, -0.25) is 4.68 Å². The summed E-state index contributed by atoms with van der Waals surface area (Å²) in [5.74, 6) is 1.37. The van der Waals surface area contributed by atoms with Crippen molar-refractivity contribution in [1.29, 1.82) is 0 Å². The number of nitrogen functional groups attached to an aromatic ring is 1. The number of benzene rings is 1. The fraction of sp³-hybridized carbons (Fsp3) is 0.450. The highest BCUT2D eigenvalue weighted by molar-refractivity contribution is 6.33. The fourth-order valence-electron chi connectivity index (χ4n) is 3.00. The second kappa shape index (κ2) is 8.42. The van der Waals surface area contributed by atoms with Gasteiger partial charge in [-0.25, -0.2) is 4.98 Å². The third-order valence-corrected chi connectivity index (χ3v) is 4.79. The minimum absolute atomic E-state index is 0.0234. The topological polar surface area (TPSA) is 120 Å². The number of nitrogens with one attached hydrogen (secondary N) is 2. The van der Waals surface area contributed by atoms with Crippen molar-refractivity contribution >= 4 is 45.8 Å². The Hall–Kier alpha value is -2.58. The van der Waals surface area contributed by atoms with Crippen LogP contribution in [0.15, 0.2) is 18.2 Å². The lowest BCUT2D eigenvalue weighted by atomic mass is 10.1. The number of nitrogens with two attached hydrogens (primary N) is 2. The molecule has 2 aromatic heterocycles. The van der Waals surface area contributed by atoms with Crippen LogP contribution in [0.3, 0.4) is 0 Å². The number of hydrogen-bond acceptors (Lipinski definition) is 7. The largest absolute Gasteiger partial charge is 0.397 e. The maximum atomic E-state index is 6.07. The molecule has 0 bridgehead atoms. The van der Waals surface area contributed by atoms with Crippen molar-refractivity contribution in [2.75, 3.05) is 22.9 Å². The van der Waals surface area contributed by atoms with Gasteiger partial charge in [0.15, 0.2) is 5.82 Å². The van der Waals surface area contributed by atoms with Crippen LogP contribution in [0.5, 0.6) is 0 Å². The number of anilines is 4. The van der Waals surface area contributed by atoms with E-state index in [-0.39, 0.29) is 18.0 Å². The van der Waals surface area contributed by atoms with Crippen LogP contribution in [0.2, 0.25) is 5.02 Å². The van der Waals surface area contributed by atoms with Crippen molar-refractivity contribution in [3.05, 3.63) is 28.9 Å². The summed E-state index contributed by atoms with van der Waals surface area (Å²) in [7, 11) is 0. The molecule has 2 heterocycles. The molecule has 0 aliphatic rings. The molecule has 8 nitrogen and oxygen atoms in total. The maximum absolute atomic E-state index is 6.07. The highest BCUT2D eigenvalue weighted by atomic mass is 35.5. The quantitative estimate of drug-likeness (QED) is 0.424. The summed E-state index contributed by atoms with van der Waals surface area (Å²) >= 11 is 6.07. The molecule has 0 amide bonds. The summed E-state index contributed by atoms with van der Waals surface area (Å²) in [6.45, 7) is 10.9. The highest BCUT2D eigenvalue weighted by Gasteiger charge is 2.22. The number of nitrogens with zero attached hydrogens (tertiary/aromatic N) is 4. The van der Waals surface area contributed by atoms with Gasteiger partial charge in [-0.05, 0) is 44.9 Å². The second-order valence-corrected chi connectivity index (χ2v) is 8.30. The fourth-order valence-corrected chi connectivity index (χ4v) is 3.12. The average Bonchev–Trinajstić information content (AvgIpc) is 3.03. The van der Waals surface area contributed by atoms with Crippen LogP contribution in [-0.2, 0) is 0 Å². The summed E-state index contributed by atoms with van der Waals surface area (Å²) in [6.07, 6.45) is 0. The molecule has 1 atom stereocenters. The first kappa shape index (κ1) is 21.1. The summed E-state index contributed by atoms with van der Waals surface area (Å²) in [4.78, 5) is 9.47. The zero-order valence-corrected chi connectivity index (χ0v) is 18.2. The third-order valence-electron chi connectivity index (χ3n) is 4.45. The molecule has 3 aromatic rings. The molecule has 0 saturated carbocycles. The van der Waals surface area contributed by atoms with E-state index >= 15 is 0 Å². The molecule has 29 heavy (non-hydrogen) atoms. The van der Waals surface area contributed by atoms with Gasteiger partial charge in [0.05, 0.1) is 16.4 Å². The minimum Gasteiger partial charge on any atom is -0.397 e. The van der Waals surface area contributed by atoms with Crippen molar-refractivity contribution < 1.29 is 0 Å². The van der Waals surface area contributed by atoms with Gasteiger partial charge in [0.25, 0.3) is 0 Å². The first-order valence-corrected chi connectivity index (χ1v) is 10.2. The van der Waals surface area contributed by atoms with Gasteiger partial charge in [-0.1, -0.05) is 25.4 Å². The second-order valence-electron chi connectivity index (χ2n) is 7.89. The van der Waals surface area contributed by atoms with Crippen molar-refractivity contribution in [3.63, 3.8) is 0 Å². The van der Waals surface area contributed by atoms with Crippen LogP contribution in [-0.4, -0.2) is 32.3 Å². The predicted molar refractivity (Wildman–Crippen MR) is 121 cm³/mol. The number of aromatic nitrogens is 4. The van der Waals surface area contributed by atoms with Crippen LogP contribution >= 0.6 is 11.6 Å². The highest BCUT2D eigenvalue weighted by Crippen LogP contribution is 2.33. The van der Waals surface area contributed by atoms with Gasteiger partial charge in [0, 0.05) is 24.3 Å². The monoisotopic (exact) mass is 416 g/mol. The van der Waals surface area contributed by atoms with E-state index in [1.807, 2.05) is 17.7 Å². The SMILES string of the molecule is CC(N)CNc1nc(Nc2ccc(Cl)c(N)c2)c2c(n1)c(C(C)C)nn2C(C)C. The van der Waals surface area contributed by atoms with Crippen LogP contribution in [0.1, 0.15) is 52.3 Å². The summed E-state index contributed by atoms with van der Waals surface area (Å²) in [5, 5.41) is 11.9. The van der Waals surface area contributed by atoms with Gasteiger partial charge in [0.2, 0.25) is 5.95 Å². The van der Waals surface area contributed by atoms with E-state index in [1.54, 1.807) is 12.1 Å². The molecule has 0 aliphatic carbocycles. The zero-order valence-electron chi connectivity index (χ0n) is 17.5. The molecular formula is C20H29ClN8. The van der Waals surface area contributed by atoms with E-state index in [0.29, 0.717) is 29.0 Å². The first-order chi connectivity index (χ1) is 13.7. The Morgan fingerprint density at radius 2 is 1.86 bits per heavy atom. The standard InChI is InChI=1S/C20H29ClN8/c1-10(2)16-17-18(29(28-16)11(3)4)19(27-20(26-17)24-9-12(5)22)25-13-6-7-14(21)15(23)8-13/h6-8,10-12H,9,22-23H2,1-5H3,(H2,24,25,26,27). The van der Waals surface area contributed by atoms with Gasteiger partial charge < -0.3 is 22.1 Å². The van der Waals surface area contributed by atoms with E-state index in [4.69, 9.17) is 38.1 Å². The number of hydrogen-bond donors (Lipinski definition) is 4. The van der Waals surface area contributed by atoms with Crippen LogP contribution in [0.4, 0.5) is 23.1 Å². The smallest absolute Gasteiger partial charge is 0.225 e. The zero-order chi connectivity index (χ0) is 21.3. The summed E-state index contributed by atoms with van der Waals surface area (Å²) in [6, 6.07) is 5.52. The summed E-state index contributed by atoms with van der Waals surface area (Å²) < 4.78 is 1.96. The minimum atomic E-state index is -0.0234. The Labute approximate surface area is 176 Å². The van der Waals surface area contributed by atoms with Crippen molar-refractivity contribution in [3.8, 4) is 0 Å². The lowest BCUT2D eigenvalue weighted by Crippen LogP contribution is -2.26. The molecule has 156 valence electrons. The average molecular weight is 417 g/mol. The predicted octanol–water partition coefficient (Wildman–Crippen LogP) is 4.27. The molecule has 1 aromatic carbocycles. The Morgan fingerprint density at radius 1 is 1.14 bits per heavy atom. The Kier molecular flexibility index (Phi) is 6.14. The molecule has 0 saturated heterocycles. The van der Waals surface area contributed by atoms with E-state index in [1.165, 1.54) is 0 Å². The Bertz CT molecular complexity index is 1010. The molecule has 9 heteroatoms. The van der Waals surface area contributed by atoms with Gasteiger partial charge in [-0.15, -0.1) is 0 Å². The Balaban J connectivity index is 2.19. The lowest BCUT2D eigenvalue weighted by Gasteiger charge is -2.14. The molecule has 1 unspecified atom stereocenters. The van der Waals surface area contributed by atoms with Crippen molar-refractivity contribution in [2.45, 2.75) is 52.6 Å². The molecule has 3 rings (SSSR count). The Morgan fingerprint density at radius 3 is 2.45 bits per heavy atom. The van der Waals surface area contributed by atoms with E-state index in [0.717, 1.165) is 22.4 Å². The molecule has 6 N–H and O–H groups in total. The number of fused-ring (bicyclic) bond motifs is 1.